The largest absolute Gasteiger partial charge is 0.493 e. The van der Waals surface area contributed by atoms with Gasteiger partial charge in [-0.2, -0.15) is 0 Å². The molecule has 3 rings (SSSR count). The molecule has 142 valence electrons. The van der Waals surface area contributed by atoms with E-state index in [9.17, 15) is 9.59 Å². The van der Waals surface area contributed by atoms with Crippen molar-refractivity contribution in [1.29, 1.82) is 0 Å². The number of benzene rings is 2. The summed E-state index contributed by atoms with van der Waals surface area (Å²) in [6.45, 7) is 0.0371. The second-order valence-electron chi connectivity index (χ2n) is 5.52. The van der Waals surface area contributed by atoms with Crippen molar-refractivity contribution in [3.05, 3.63) is 56.9 Å². The molecule has 8 heteroatoms. The Morgan fingerprint density at radius 3 is 2.57 bits per heavy atom. The Balaban J connectivity index is 1.92. The zero-order valence-corrected chi connectivity index (χ0v) is 16.9. The number of terminal acetylenes is 1. The molecule has 0 aromatic heterocycles. The van der Waals surface area contributed by atoms with E-state index in [1.165, 1.54) is 7.11 Å². The highest BCUT2D eigenvalue weighted by Crippen LogP contribution is 2.40. The van der Waals surface area contributed by atoms with Crippen molar-refractivity contribution in [3.63, 3.8) is 0 Å². The van der Waals surface area contributed by atoms with E-state index in [0.29, 0.717) is 27.8 Å². The highest BCUT2D eigenvalue weighted by Gasteiger charge is 2.36. The third-order valence-corrected chi connectivity index (χ3v) is 5.13. The number of methoxy groups -OCH3 is 1. The monoisotopic (exact) mass is 433 g/mol. The van der Waals surface area contributed by atoms with Crippen molar-refractivity contribution in [3.8, 4) is 23.8 Å². The molecule has 0 radical (unpaired) electrons. The molecule has 0 saturated carbocycles. The minimum atomic E-state index is -0.430. The summed E-state index contributed by atoms with van der Waals surface area (Å²) < 4.78 is 10.7. The smallest absolute Gasteiger partial charge is 0.298 e. The standard InChI is InChI=1S/C20H13Cl2NO4S/c1-3-8-27-18-15(22)9-12(10-16(18)26-2)11-17-19(24)23(20(25)28-17)14-6-4-13(21)5-7-14/h1,4-7,9-11H,8H2,2H3. The number of amides is 2. The Morgan fingerprint density at radius 2 is 1.93 bits per heavy atom. The topological polar surface area (TPSA) is 55.8 Å². The zero-order valence-electron chi connectivity index (χ0n) is 14.6. The molecule has 0 spiro atoms. The molecular formula is C20H13Cl2NO4S. The highest BCUT2D eigenvalue weighted by atomic mass is 35.5. The Morgan fingerprint density at radius 1 is 1.21 bits per heavy atom. The van der Waals surface area contributed by atoms with E-state index in [4.69, 9.17) is 39.1 Å². The predicted octanol–water partition coefficient (Wildman–Crippen LogP) is 5.25. The van der Waals surface area contributed by atoms with Crippen LogP contribution in [0, 0.1) is 12.3 Å². The number of halogens is 2. The van der Waals surface area contributed by atoms with Crippen molar-refractivity contribution in [2.75, 3.05) is 18.6 Å². The van der Waals surface area contributed by atoms with E-state index in [2.05, 4.69) is 5.92 Å². The lowest BCUT2D eigenvalue weighted by Gasteiger charge is -2.12. The number of ether oxygens (including phenoxy) is 2. The second-order valence-corrected chi connectivity index (χ2v) is 7.36. The summed E-state index contributed by atoms with van der Waals surface area (Å²) in [7, 11) is 1.46. The second kappa shape index (κ2) is 8.61. The number of carbonyl (C=O) groups is 2. The van der Waals surface area contributed by atoms with Gasteiger partial charge in [-0.05, 0) is 59.8 Å². The molecule has 2 aromatic carbocycles. The number of carbonyl (C=O) groups excluding carboxylic acids is 2. The van der Waals surface area contributed by atoms with Crippen LogP contribution in [0.5, 0.6) is 11.5 Å². The minimum absolute atomic E-state index is 0.0371. The number of thioether (sulfide) groups is 1. The van der Waals surface area contributed by atoms with Crippen molar-refractivity contribution < 1.29 is 19.1 Å². The first-order chi connectivity index (χ1) is 13.4. The zero-order chi connectivity index (χ0) is 20.3. The van der Waals surface area contributed by atoms with E-state index in [0.717, 1.165) is 16.7 Å². The predicted molar refractivity (Wildman–Crippen MR) is 112 cm³/mol. The summed E-state index contributed by atoms with van der Waals surface area (Å²) in [5, 5.41) is 0.392. The highest BCUT2D eigenvalue weighted by molar-refractivity contribution is 8.19. The van der Waals surface area contributed by atoms with Crippen molar-refractivity contribution >= 4 is 57.9 Å². The molecule has 1 aliphatic rings. The molecule has 1 fully saturated rings. The number of rotatable bonds is 5. The van der Waals surface area contributed by atoms with Gasteiger partial charge in [0.2, 0.25) is 0 Å². The lowest BCUT2D eigenvalue weighted by Crippen LogP contribution is -2.27. The lowest BCUT2D eigenvalue weighted by molar-refractivity contribution is -0.113. The van der Waals surface area contributed by atoms with Gasteiger partial charge in [0.15, 0.2) is 11.5 Å². The lowest BCUT2D eigenvalue weighted by atomic mass is 10.1. The molecule has 0 N–H and O–H groups in total. The van der Waals surface area contributed by atoms with Crippen molar-refractivity contribution in [2.45, 2.75) is 0 Å². The average Bonchev–Trinajstić information content (AvgIpc) is 2.94. The molecule has 0 unspecified atom stereocenters. The SMILES string of the molecule is C#CCOc1c(Cl)cc(C=C2SC(=O)N(c3ccc(Cl)cc3)C2=O)cc1OC. The molecule has 0 atom stereocenters. The first-order valence-electron chi connectivity index (χ1n) is 7.92. The quantitative estimate of drug-likeness (QED) is 0.475. The third-order valence-electron chi connectivity index (χ3n) is 3.73. The Hall–Kier alpha value is -2.59. The van der Waals surface area contributed by atoms with E-state index in [1.807, 2.05) is 0 Å². The fraction of sp³-hybridized carbons (Fsp3) is 0.100. The molecular weight excluding hydrogens is 421 g/mol. The summed E-state index contributed by atoms with van der Waals surface area (Å²) in [4.78, 5) is 26.4. The average molecular weight is 434 g/mol. The van der Waals surface area contributed by atoms with E-state index < -0.39 is 11.1 Å². The molecule has 0 aliphatic carbocycles. The minimum Gasteiger partial charge on any atom is -0.493 e. The number of nitrogens with zero attached hydrogens (tertiary/aromatic N) is 1. The third kappa shape index (κ3) is 4.12. The molecule has 0 bridgehead atoms. The van der Waals surface area contributed by atoms with Crippen LogP contribution in [0.3, 0.4) is 0 Å². The molecule has 28 heavy (non-hydrogen) atoms. The maximum absolute atomic E-state index is 12.7. The van der Waals surface area contributed by atoms with Crippen LogP contribution < -0.4 is 14.4 Å². The fourth-order valence-electron chi connectivity index (χ4n) is 2.51. The maximum atomic E-state index is 12.7. The fourth-order valence-corrected chi connectivity index (χ4v) is 3.75. The van der Waals surface area contributed by atoms with Crippen molar-refractivity contribution in [2.24, 2.45) is 0 Å². The number of hydrogen-bond donors (Lipinski definition) is 0. The van der Waals surface area contributed by atoms with Gasteiger partial charge in [-0.25, -0.2) is 4.90 Å². The Labute approximate surface area is 176 Å². The van der Waals surface area contributed by atoms with Gasteiger partial charge in [0.25, 0.3) is 11.1 Å². The Kier molecular flexibility index (Phi) is 6.20. The molecule has 2 aromatic rings. The van der Waals surface area contributed by atoms with Crippen LogP contribution in [0.15, 0.2) is 41.3 Å². The van der Waals surface area contributed by atoms with Crippen LogP contribution in [0.2, 0.25) is 10.0 Å². The summed E-state index contributed by atoms with van der Waals surface area (Å²) >= 11 is 13.0. The van der Waals surface area contributed by atoms with E-state index in [-0.39, 0.29) is 16.5 Å². The van der Waals surface area contributed by atoms with Crippen LogP contribution >= 0.6 is 35.0 Å². The normalized spacial score (nSPS) is 15.1. The molecule has 1 saturated heterocycles. The summed E-state index contributed by atoms with van der Waals surface area (Å²) in [5.74, 6) is 2.60. The molecule has 1 aliphatic heterocycles. The molecule has 2 amide bonds. The van der Waals surface area contributed by atoms with Gasteiger partial charge in [0.1, 0.15) is 6.61 Å². The van der Waals surface area contributed by atoms with E-state index in [1.54, 1.807) is 42.5 Å². The number of hydrogen-bond acceptors (Lipinski definition) is 5. The van der Waals surface area contributed by atoms with Crippen LogP contribution in [0.25, 0.3) is 6.08 Å². The van der Waals surface area contributed by atoms with Crippen LogP contribution in [0.1, 0.15) is 5.56 Å². The summed E-state index contributed by atoms with van der Waals surface area (Å²) in [5.41, 5.74) is 1.03. The number of imide groups is 1. The van der Waals surface area contributed by atoms with Gasteiger partial charge in [-0.3, -0.25) is 9.59 Å². The van der Waals surface area contributed by atoms with Gasteiger partial charge in [-0.1, -0.05) is 29.1 Å². The van der Waals surface area contributed by atoms with Gasteiger partial charge < -0.3 is 9.47 Å². The van der Waals surface area contributed by atoms with Crippen molar-refractivity contribution in [1.82, 2.24) is 0 Å². The van der Waals surface area contributed by atoms with Crippen LogP contribution in [0.4, 0.5) is 10.5 Å². The summed E-state index contributed by atoms with van der Waals surface area (Å²) in [6, 6.07) is 9.70. The number of anilines is 1. The van der Waals surface area contributed by atoms with E-state index >= 15 is 0 Å². The van der Waals surface area contributed by atoms with Gasteiger partial charge in [0, 0.05) is 5.02 Å². The van der Waals surface area contributed by atoms with Crippen LogP contribution in [-0.4, -0.2) is 24.9 Å². The first-order valence-corrected chi connectivity index (χ1v) is 9.49. The van der Waals surface area contributed by atoms with Gasteiger partial charge in [0.05, 0.1) is 22.7 Å². The van der Waals surface area contributed by atoms with Crippen LogP contribution in [-0.2, 0) is 4.79 Å². The Bertz CT molecular complexity index is 1010. The molecule has 1 heterocycles. The maximum Gasteiger partial charge on any atom is 0.298 e. The van der Waals surface area contributed by atoms with Gasteiger partial charge in [-0.15, -0.1) is 6.42 Å². The summed E-state index contributed by atoms with van der Waals surface area (Å²) in [6.07, 6.45) is 6.77. The molecule has 5 nitrogen and oxygen atoms in total. The first kappa shape index (κ1) is 20.2. The van der Waals surface area contributed by atoms with Gasteiger partial charge >= 0.3 is 0 Å².